The van der Waals surface area contributed by atoms with Crippen LogP contribution in [-0.2, 0) is 11.2 Å². The lowest BCUT2D eigenvalue weighted by molar-refractivity contribution is -0.123. The Morgan fingerprint density at radius 1 is 1.61 bits per heavy atom. The molecular formula is C12H19N3OS2. The van der Waals surface area contributed by atoms with Crippen LogP contribution in [0.4, 0.5) is 0 Å². The van der Waals surface area contributed by atoms with E-state index in [2.05, 4.69) is 10.3 Å². The summed E-state index contributed by atoms with van der Waals surface area (Å²) in [6.07, 6.45) is 0.734. The minimum Gasteiger partial charge on any atom is -0.393 e. The third-order valence-corrected chi connectivity index (χ3v) is 3.68. The van der Waals surface area contributed by atoms with E-state index in [1.54, 1.807) is 11.3 Å². The lowest BCUT2D eigenvalue weighted by atomic mass is 9.95. The fourth-order valence-electron chi connectivity index (χ4n) is 1.71. The first kappa shape index (κ1) is 15.0. The molecule has 6 heteroatoms. The van der Waals surface area contributed by atoms with Crippen LogP contribution in [0.3, 0.4) is 0 Å². The Bertz CT molecular complexity index is 429. The Balaban J connectivity index is 2.43. The molecule has 1 rings (SSSR count). The maximum absolute atomic E-state index is 11.9. The highest BCUT2D eigenvalue weighted by Crippen LogP contribution is 2.12. The molecule has 4 nitrogen and oxygen atoms in total. The lowest BCUT2D eigenvalue weighted by Gasteiger charge is -2.18. The Kier molecular flexibility index (Phi) is 5.68. The number of aromatic nitrogens is 1. The van der Waals surface area contributed by atoms with Gasteiger partial charge in [0.2, 0.25) is 5.91 Å². The number of hydrogen-bond donors (Lipinski definition) is 2. The molecule has 1 aromatic rings. The van der Waals surface area contributed by atoms with E-state index >= 15 is 0 Å². The maximum Gasteiger partial charge on any atom is 0.230 e. The van der Waals surface area contributed by atoms with Crippen molar-refractivity contribution in [3.05, 3.63) is 16.1 Å². The van der Waals surface area contributed by atoms with Gasteiger partial charge in [-0.25, -0.2) is 4.98 Å². The van der Waals surface area contributed by atoms with Gasteiger partial charge in [-0.05, 0) is 12.8 Å². The molecule has 1 unspecified atom stereocenters. The maximum atomic E-state index is 11.9. The number of amides is 1. The Morgan fingerprint density at radius 2 is 2.28 bits per heavy atom. The van der Waals surface area contributed by atoms with Gasteiger partial charge in [-0.2, -0.15) is 0 Å². The van der Waals surface area contributed by atoms with Gasteiger partial charge >= 0.3 is 0 Å². The number of aryl methyl sites for hydroxylation is 1. The second-order valence-corrected chi connectivity index (χ2v) is 6.06. The molecule has 0 fully saturated rings. The number of nitrogens with one attached hydrogen (secondary N) is 1. The lowest BCUT2D eigenvalue weighted by Crippen LogP contribution is -2.41. The average Bonchev–Trinajstić information content (AvgIpc) is 2.63. The van der Waals surface area contributed by atoms with Crippen LogP contribution in [0.2, 0.25) is 0 Å². The molecule has 0 aliphatic rings. The van der Waals surface area contributed by atoms with Crippen molar-refractivity contribution in [3.8, 4) is 0 Å². The highest BCUT2D eigenvalue weighted by molar-refractivity contribution is 7.80. The summed E-state index contributed by atoms with van der Waals surface area (Å²) in [6.45, 7) is 6.41. The quantitative estimate of drug-likeness (QED) is 0.780. The standard InChI is InChI=1S/C12H19N3OS2/c1-7(2)10(11(13)17)12(16)14-5-4-9-6-18-8(3)15-9/h6-7,10H,4-5H2,1-3H3,(H2,13,17)(H,14,16). The van der Waals surface area contributed by atoms with Crippen LogP contribution in [0.15, 0.2) is 5.38 Å². The van der Waals surface area contributed by atoms with E-state index in [1.165, 1.54) is 0 Å². The van der Waals surface area contributed by atoms with Gasteiger partial charge in [0.15, 0.2) is 0 Å². The van der Waals surface area contributed by atoms with Crippen molar-refractivity contribution < 1.29 is 4.79 Å². The van der Waals surface area contributed by atoms with Gasteiger partial charge in [-0.15, -0.1) is 11.3 Å². The summed E-state index contributed by atoms with van der Waals surface area (Å²) >= 11 is 6.54. The molecule has 0 aliphatic carbocycles. The van der Waals surface area contributed by atoms with E-state index in [9.17, 15) is 4.79 Å². The van der Waals surface area contributed by atoms with Gasteiger partial charge in [0.1, 0.15) is 0 Å². The molecule has 1 atom stereocenters. The fraction of sp³-hybridized carbons (Fsp3) is 0.583. The smallest absolute Gasteiger partial charge is 0.230 e. The summed E-state index contributed by atoms with van der Waals surface area (Å²) in [5.74, 6) is -0.370. The number of hydrogen-bond acceptors (Lipinski definition) is 4. The van der Waals surface area contributed by atoms with Gasteiger partial charge < -0.3 is 11.1 Å². The van der Waals surface area contributed by atoms with Crippen molar-refractivity contribution in [1.29, 1.82) is 0 Å². The van der Waals surface area contributed by atoms with Gasteiger partial charge in [0, 0.05) is 18.3 Å². The molecule has 3 N–H and O–H groups in total. The van der Waals surface area contributed by atoms with Crippen LogP contribution >= 0.6 is 23.6 Å². The largest absolute Gasteiger partial charge is 0.393 e. The van der Waals surface area contributed by atoms with Crippen molar-refractivity contribution in [2.45, 2.75) is 27.2 Å². The normalized spacial score (nSPS) is 12.4. The summed E-state index contributed by atoms with van der Waals surface area (Å²) in [4.78, 5) is 16.5. The fourth-order valence-corrected chi connectivity index (χ4v) is 2.73. The SMILES string of the molecule is Cc1nc(CCNC(=O)C(C(N)=S)C(C)C)cs1. The molecule has 0 bridgehead atoms. The number of carbonyl (C=O) groups excluding carboxylic acids is 1. The van der Waals surface area contributed by atoms with E-state index in [4.69, 9.17) is 18.0 Å². The summed E-state index contributed by atoms with van der Waals surface area (Å²) < 4.78 is 0. The highest BCUT2D eigenvalue weighted by Gasteiger charge is 2.24. The highest BCUT2D eigenvalue weighted by atomic mass is 32.1. The van der Waals surface area contributed by atoms with E-state index in [-0.39, 0.29) is 16.8 Å². The van der Waals surface area contributed by atoms with Crippen LogP contribution in [0.5, 0.6) is 0 Å². The summed E-state index contributed by atoms with van der Waals surface area (Å²) in [5, 5.41) is 5.91. The number of carbonyl (C=O) groups is 1. The number of thiocarbonyl (C=S) groups is 1. The molecule has 0 radical (unpaired) electrons. The number of thiazole rings is 1. The molecule has 100 valence electrons. The third kappa shape index (κ3) is 4.34. The van der Waals surface area contributed by atoms with Crippen molar-refractivity contribution in [2.24, 2.45) is 17.6 Å². The zero-order valence-corrected chi connectivity index (χ0v) is 12.5. The van der Waals surface area contributed by atoms with Crippen LogP contribution in [0, 0.1) is 18.8 Å². The topological polar surface area (TPSA) is 68.0 Å². The zero-order valence-electron chi connectivity index (χ0n) is 10.9. The van der Waals surface area contributed by atoms with Gasteiger partial charge in [-0.3, -0.25) is 4.79 Å². The molecule has 1 heterocycles. The molecular weight excluding hydrogens is 266 g/mol. The third-order valence-electron chi connectivity index (χ3n) is 2.60. The minimum atomic E-state index is -0.392. The van der Waals surface area contributed by atoms with Crippen molar-refractivity contribution in [3.63, 3.8) is 0 Å². The van der Waals surface area contributed by atoms with E-state index in [0.717, 1.165) is 17.1 Å². The molecule has 0 aromatic carbocycles. The Morgan fingerprint density at radius 3 is 2.72 bits per heavy atom. The summed E-state index contributed by atoms with van der Waals surface area (Å²) in [7, 11) is 0. The molecule has 0 saturated carbocycles. The van der Waals surface area contributed by atoms with Gasteiger partial charge in [0.25, 0.3) is 0 Å². The molecule has 1 amide bonds. The predicted octanol–water partition coefficient (Wildman–Crippen LogP) is 1.67. The van der Waals surface area contributed by atoms with Crippen molar-refractivity contribution in [2.75, 3.05) is 6.54 Å². The summed E-state index contributed by atoms with van der Waals surface area (Å²) in [6, 6.07) is 0. The monoisotopic (exact) mass is 285 g/mol. The second kappa shape index (κ2) is 6.80. The summed E-state index contributed by atoms with van der Waals surface area (Å²) in [5.41, 5.74) is 6.59. The molecule has 0 spiro atoms. The minimum absolute atomic E-state index is 0.0931. The molecule has 0 aliphatic heterocycles. The molecule has 0 saturated heterocycles. The number of nitrogens with two attached hydrogens (primary N) is 1. The van der Waals surface area contributed by atoms with Crippen LogP contribution in [0.25, 0.3) is 0 Å². The van der Waals surface area contributed by atoms with Crippen molar-refractivity contribution in [1.82, 2.24) is 10.3 Å². The van der Waals surface area contributed by atoms with Gasteiger partial charge in [-0.1, -0.05) is 26.1 Å². The van der Waals surface area contributed by atoms with E-state index in [1.807, 2.05) is 26.2 Å². The van der Waals surface area contributed by atoms with Crippen molar-refractivity contribution >= 4 is 34.5 Å². The number of nitrogens with zero attached hydrogens (tertiary/aromatic N) is 1. The van der Waals surface area contributed by atoms with E-state index < -0.39 is 5.92 Å². The Hall–Kier alpha value is -1.01. The Labute approximate surface area is 117 Å². The van der Waals surface area contributed by atoms with E-state index in [0.29, 0.717) is 6.54 Å². The number of rotatable bonds is 6. The van der Waals surface area contributed by atoms with Gasteiger partial charge in [0.05, 0.1) is 21.6 Å². The van der Waals surface area contributed by atoms with Crippen LogP contribution in [0.1, 0.15) is 24.5 Å². The first-order chi connectivity index (χ1) is 8.41. The van der Waals surface area contributed by atoms with Crippen LogP contribution < -0.4 is 11.1 Å². The first-order valence-electron chi connectivity index (χ1n) is 5.90. The predicted molar refractivity (Wildman–Crippen MR) is 78.7 cm³/mol. The zero-order chi connectivity index (χ0) is 13.7. The first-order valence-corrected chi connectivity index (χ1v) is 7.18. The van der Waals surface area contributed by atoms with Crippen LogP contribution in [-0.4, -0.2) is 22.4 Å². The second-order valence-electron chi connectivity index (χ2n) is 4.52. The average molecular weight is 285 g/mol. The molecule has 1 aromatic heterocycles. The molecule has 18 heavy (non-hydrogen) atoms.